The third-order valence-electron chi connectivity index (χ3n) is 1.73. The largest absolute Gasteiger partial charge is 0.459 e. The Balaban J connectivity index is 4.70. The summed E-state index contributed by atoms with van der Waals surface area (Å²) in [5.74, 6) is -11.1. The lowest BCUT2D eigenvalue weighted by Gasteiger charge is -2.28. The van der Waals surface area contributed by atoms with Gasteiger partial charge in [0, 0.05) is 12.5 Å². The molecule has 0 rings (SSSR count). The van der Waals surface area contributed by atoms with Crippen molar-refractivity contribution in [1.29, 1.82) is 0 Å². The van der Waals surface area contributed by atoms with Crippen LogP contribution in [0.25, 0.3) is 0 Å². The van der Waals surface area contributed by atoms with Crippen LogP contribution >= 0.6 is 0 Å². The molecule has 1 atom stereocenters. The van der Waals surface area contributed by atoms with Crippen molar-refractivity contribution in [2.45, 2.75) is 43.8 Å². The molecule has 0 aromatic heterocycles. The van der Waals surface area contributed by atoms with Crippen molar-refractivity contribution in [3.63, 3.8) is 0 Å². The second kappa shape index (κ2) is 4.15. The van der Waals surface area contributed by atoms with Gasteiger partial charge in [-0.1, -0.05) is 0 Å². The van der Waals surface area contributed by atoms with Gasteiger partial charge in [-0.15, -0.1) is 0 Å². The third-order valence-corrected chi connectivity index (χ3v) is 1.73. The van der Waals surface area contributed by atoms with Crippen molar-refractivity contribution in [3.8, 4) is 0 Å². The van der Waals surface area contributed by atoms with Gasteiger partial charge in [0.05, 0.1) is 0 Å². The molecule has 0 aliphatic rings. The quantitative estimate of drug-likeness (QED) is 0.752. The molecule has 15 heavy (non-hydrogen) atoms. The van der Waals surface area contributed by atoms with Gasteiger partial charge in [0.25, 0.3) is 0 Å². The lowest BCUT2D eigenvalue weighted by molar-refractivity contribution is -0.355. The zero-order chi connectivity index (χ0) is 12.5. The van der Waals surface area contributed by atoms with Gasteiger partial charge in [-0.3, -0.25) is 0 Å². The molecular formula is C7H10F7N. The Labute approximate surface area is 81.4 Å². The van der Waals surface area contributed by atoms with Crippen LogP contribution in [0.2, 0.25) is 0 Å². The zero-order valence-electron chi connectivity index (χ0n) is 7.71. The van der Waals surface area contributed by atoms with Crippen LogP contribution in [0.3, 0.4) is 0 Å². The van der Waals surface area contributed by atoms with Crippen LogP contribution in [-0.4, -0.2) is 24.1 Å². The monoisotopic (exact) mass is 241 g/mol. The molecule has 1 unspecified atom stereocenters. The van der Waals surface area contributed by atoms with Gasteiger partial charge in [0.15, 0.2) is 0 Å². The van der Waals surface area contributed by atoms with Crippen molar-refractivity contribution in [3.05, 3.63) is 0 Å². The van der Waals surface area contributed by atoms with Crippen LogP contribution in [0, 0.1) is 0 Å². The van der Waals surface area contributed by atoms with Gasteiger partial charge >= 0.3 is 18.0 Å². The molecule has 0 aliphatic heterocycles. The van der Waals surface area contributed by atoms with Crippen molar-refractivity contribution in [2.75, 3.05) is 0 Å². The molecule has 0 aromatic rings. The minimum absolute atomic E-state index is 0.612. The first-order valence-electron chi connectivity index (χ1n) is 4.00. The lowest BCUT2D eigenvalue weighted by Crippen LogP contribution is -2.52. The molecule has 92 valence electrons. The maximum Gasteiger partial charge on any atom is 0.459 e. The van der Waals surface area contributed by atoms with E-state index >= 15 is 0 Å². The van der Waals surface area contributed by atoms with Gasteiger partial charge in [-0.25, -0.2) is 0 Å². The Morgan fingerprint density at radius 3 is 1.67 bits per heavy atom. The summed E-state index contributed by atoms with van der Waals surface area (Å²) in [7, 11) is 0. The highest BCUT2D eigenvalue weighted by molar-refractivity contribution is 4.91. The Bertz CT molecular complexity index is 208. The summed E-state index contributed by atoms with van der Waals surface area (Å²) >= 11 is 0. The van der Waals surface area contributed by atoms with Crippen LogP contribution in [0.1, 0.15) is 19.8 Å². The van der Waals surface area contributed by atoms with E-state index in [9.17, 15) is 30.7 Å². The first kappa shape index (κ1) is 14.5. The normalized spacial score (nSPS) is 16.6. The van der Waals surface area contributed by atoms with Gasteiger partial charge in [0.2, 0.25) is 0 Å². The molecule has 2 N–H and O–H groups in total. The van der Waals surface area contributed by atoms with Crippen LogP contribution < -0.4 is 5.73 Å². The molecule has 0 saturated carbocycles. The van der Waals surface area contributed by atoms with Crippen molar-refractivity contribution in [1.82, 2.24) is 0 Å². The molecular weight excluding hydrogens is 231 g/mol. The summed E-state index contributed by atoms with van der Waals surface area (Å²) in [4.78, 5) is 0. The highest BCUT2D eigenvalue weighted by atomic mass is 19.4. The second-order valence-corrected chi connectivity index (χ2v) is 3.29. The summed E-state index contributed by atoms with van der Waals surface area (Å²) in [5.41, 5.74) is 4.99. The number of nitrogens with two attached hydrogens (primary N) is 1. The fraction of sp³-hybridized carbons (Fsp3) is 1.00. The molecule has 8 heteroatoms. The number of hydrogen-bond donors (Lipinski definition) is 1. The molecule has 0 radical (unpaired) electrons. The van der Waals surface area contributed by atoms with E-state index in [0.29, 0.717) is 0 Å². The highest BCUT2D eigenvalue weighted by Crippen LogP contribution is 2.48. The van der Waals surface area contributed by atoms with Crippen molar-refractivity contribution in [2.24, 2.45) is 5.73 Å². The van der Waals surface area contributed by atoms with E-state index in [1.807, 2.05) is 0 Å². The molecule has 0 aliphatic carbocycles. The molecule has 0 aromatic carbocycles. The molecule has 0 amide bonds. The Hall–Kier alpha value is -0.530. The maximum atomic E-state index is 12.5. The van der Waals surface area contributed by atoms with Crippen LogP contribution in [0.15, 0.2) is 0 Å². The van der Waals surface area contributed by atoms with Crippen LogP contribution in [-0.2, 0) is 0 Å². The first-order chi connectivity index (χ1) is 6.42. The van der Waals surface area contributed by atoms with Gasteiger partial charge in [-0.2, -0.15) is 30.7 Å². The zero-order valence-corrected chi connectivity index (χ0v) is 7.71. The Kier molecular flexibility index (Phi) is 4.00. The number of alkyl halides is 7. The minimum atomic E-state index is -6.26. The minimum Gasteiger partial charge on any atom is -0.328 e. The van der Waals surface area contributed by atoms with Gasteiger partial charge in [0.1, 0.15) is 0 Å². The summed E-state index contributed by atoms with van der Waals surface area (Å²) in [6, 6.07) is -0.861. The maximum absolute atomic E-state index is 12.5. The van der Waals surface area contributed by atoms with Crippen molar-refractivity contribution >= 4 is 0 Å². The molecule has 0 saturated heterocycles. The average Bonchev–Trinajstić information content (AvgIpc) is 1.98. The van der Waals surface area contributed by atoms with E-state index in [-0.39, 0.29) is 0 Å². The van der Waals surface area contributed by atoms with Crippen LogP contribution in [0.4, 0.5) is 30.7 Å². The number of halogens is 7. The Morgan fingerprint density at radius 2 is 1.40 bits per heavy atom. The van der Waals surface area contributed by atoms with E-state index in [2.05, 4.69) is 0 Å². The summed E-state index contributed by atoms with van der Waals surface area (Å²) < 4.78 is 84.3. The number of hydrogen-bond acceptors (Lipinski definition) is 1. The second-order valence-electron chi connectivity index (χ2n) is 3.29. The topological polar surface area (TPSA) is 26.0 Å². The SMILES string of the molecule is CC(N)CCC(F)(F)C(F)(F)C(F)(F)F. The molecule has 0 spiro atoms. The summed E-state index contributed by atoms with van der Waals surface area (Å²) in [6.45, 7) is 1.24. The van der Waals surface area contributed by atoms with Gasteiger partial charge < -0.3 is 5.73 Å². The van der Waals surface area contributed by atoms with E-state index in [1.165, 1.54) is 6.92 Å². The summed E-state index contributed by atoms with van der Waals surface area (Å²) in [5, 5.41) is 0. The smallest absolute Gasteiger partial charge is 0.328 e. The van der Waals surface area contributed by atoms with E-state index < -0.39 is 36.9 Å². The fourth-order valence-corrected chi connectivity index (χ4v) is 0.773. The highest BCUT2D eigenvalue weighted by Gasteiger charge is 2.72. The summed E-state index contributed by atoms with van der Waals surface area (Å²) in [6.07, 6.45) is -8.47. The van der Waals surface area contributed by atoms with Crippen LogP contribution in [0.5, 0.6) is 0 Å². The van der Waals surface area contributed by atoms with E-state index in [0.717, 1.165) is 0 Å². The predicted molar refractivity (Wildman–Crippen MR) is 38.8 cm³/mol. The van der Waals surface area contributed by atoms with E-state index in [4.69, 9.17) is 5.73 Å². The van der Waals surface area contributed by atoms with E-state index in [1.54, 1.807) is 0 Å². The number of rotatable bonds is 4. The molecule has 0 bridgehead atoms. The average molecular weight is 241 g/mol. The standard InChI is InChI=1S/C7H10F7N/c1-4(15)2-3-5(8,9)6(10,11)7(12,13)14/h4H,2-3,15H2,1H3. The fourth-order valence-electron chi connectivity index (χ4n) is 0.773. The first-order valence-corrected chi connectivity index (χ1v) is 4.00. The third kappa shape index (κ3) is 3.22. The molecule has 0 heterocycles. The van der Waals surface area contributed by atoms with Gasteiger partial charge in [-0.05, 0) is 13.3 Å². The van der Waals surface area contributed by atoms with Crippen molar-refractivity contribution < 1.29 is 30.7 Å². The molecule has 1 nitrogen and oxygen atoms in total. The lowest BCUT2D eigenvalue weighted by atomic mass is 10.0. The Morgan fingerprint density at radius 1 is 1.00 bits per heavy atom. The predicted octanol–water partition coefficient (Wildman–Crippen LogP) is 2.95. The molecule has 0 fully saturated rings.